The zero-order valence-corrected chi connectivity index (χ0v) is 13.5. The number of carbonyl (C=O) groups excluding carboxylic acids is 1. The van der Waals surface area contributed by atoms with Crippen molar-refractivity contribution in [3.05, 3.63) is 71.2 Å². The average Bonchev–Trinajstić information content (AvgIpc) is 3.05. The van der Waals surface area contributed by atoms with Crippen molar-refractivity contribution in [1.82, 2.24) is 20.1 Å². The largest absolute Gasteiger partial charge is 0.332 e. The molecule has 5 nitrogen and oxygen atoms in total. The maximum atomic E-state index is 12.8. The molecule has 0 fully saturated rings. The SMILES string of the molecule is Cc1cccc(C(=O)N2CCc3[nH]nc(-c4ccccc4)c3C2)n1. The summed E-state index contributed by atoms with van der Waals surface area (Å²) in [7, 11) is 0. The van der Waals surface area contributed by atoms with E-state index in [1.807, 2.05) is 54.3 Å². The van der Waals surface area contributed by atoms with Crippen LogP contribution in [0.5, 0.6) is 0 Å². The first kappa shape index (κ1) is 14.6. The lowest BCUT2D eigenvalue weighted by atomic mass is 10.0. The van der Waals surface area contributed by atoms with Crippen LogP contribution in [-0.2, 0) is 13.0 Å². The molecule has 1 N–H and O–H groups in total. The standard InChI is InChI=1S/C19H18N4O/c1-13-6-5-9-17(20-13)19(24)23-11-10-16-15(12-23)18(22-21-16)14-7-3-2-4-8-14/h2-9H,10-12H2,1H3,(H,21,22). The Kier molecular flexibility index (Phi) is 3.61. The Bertz CT molecular complexity index is 885. The monoisotopic (exact) mass is 318 g/mol. The van der Waals surface area contributed by atoms with Crippen molar-refractivity contribution in [3.8, 4) is 11.3 Å². The third-order valence-electron chi connectivity index (χ3n) is 4.38. The number of H-pyrrole nitrogens is 1. The first-order valence-corrected chi connectivity index (χ1v) is 8.07. The topological polar surface area (TPSA) is 61.9 Å². The van der Waals surface area contributed by atoms with Crippen molar-refractivity contribution in [1.29, 1.82) is 0 Å². The molecule has 0 bridgehead atoms. The summed E-state index contributed by atoms with van der Waals surface area (Å²) in [5.74, 6) is -0.0236. The van der Waals surface area contributed by atoms with Gasteiger partial charge in [0.2, 0.25) is 0 Å². The third-order valence-corrected chi connectivity index (χ3v) is 4.38. The Morgan fingerprint density at radius 2 is 1.96 bits per heavy atom. The number of fused-ring (bicyclic) bond motifs is 1. The second-order valence-corrected chi connectivity index (χ2v) is 6.04. The van der Waals surface area contributed by atoms with Gasteiger partial charge in [0.05, 0.1) is 12.2 Å². The zero-order chi connectivity index (χ0) is 16.5. The van der Waals surface area contributed by atoms with Gasteiger partial charge in [-0.1, -0.05) is 36.4 Å². The van der Waals surface area contributed by atoms with Crippen LogP contribution < -0.4 is 0 Å². The zero-order valence-electron chi connectivity index (χ0n) is 13.5. The smallest absolute Gasteiger partial charge is 0.272 e. The van der Waals surface area contributed by atoms with Crippen LogP contribution in [0.25, 0.3) is 11.3 Å². The van der Waals surface area contributed by atoms with Gasteiger partial charge in [-0.15, -0.1) is 0 Å². The van der Waals surface area contributed by atoms with E-state index >= 15 is 0 Å². The van der Waals surface area contributed by atoms with Crippen molar-refractivity contribution >= 4 is 5.91 Å². The number of hydrogen-bond donors (Lipinski definition) is 1. The molecule has 0 saturated heterocycles. The second kappa shape index (κ2) is 5.92. The molecule has 3 heterocycles. The van der Waals surface area contributed by atoms with Gasteiger partial charge in [0.25, 0.3) is 5.91 Å². The summed E-state index contributed by atoms with van der Waals surface area (Å²) in [6, 6.07) is 15.6. The van der Waals surface area contributed by atoms with Gasteiger partial charge < -0.3 is 4.90 Å². The average molecular weight is 318 g/mol. The Hall–Kier alpha value is -2.95. The maximum Gasteiger partial charge on any atom is 0.272 e. The lowest BCUT2D eigenvalue weighted by Crippen LogP contribution is -2.36. The summed E-state index contributed by atoms with van der Waals surface area (Å²) in [6.45, 7) is 3.14. The number of carbonyl (C=O) groups is 1. The van der Waals surface area contributed by atoms with Gasteiger partial charge in [0.1, 0.15) is 5.69 Å². The fourth-order valence-electron chi connectivity index (χ4n) is 3.13. The summed E-state index contributed by atoms with van der Waals surface area (Å²) < 4.78 is 0. The molecule has 1 amide bonds. The van der Waals surface area contributed by atoms with Crippen LogP contribution in [0.2, 0.25) is 0 Å². The van der Waals surface area contributed by atoms with Crippen molar-refractivity contribution in [3.63, 3.8) is 0 Å². The number of aromatic amines is 1. The minimum Gasteiger partial charge on any atom is -0.332 e. The molecule has 1 aliphatic rings. The molecule has 0 saturated carbocycles. The molecule has 1 aromatic carbocycles. The van der Waals surface area contributed by atoms with E-state index in [0.29, 0.717) is 18.8 Å². The minimum absolute atomic E-state index is 0.0236. The molecule has 0 aliphatic carbocycles. The predicted octanol–water partition coefficient (Wildman–Crippen LogP) is 2.98. The van der Waals surface area contributed by atoms with Crippen molar-refractivity contribution in [2.45, 2.75) is 19.9 Å². The lowest BCUT2D eigenvalue weighted by Gasteiger charge is -2.27. The van der Waals surface area contributed by atoms with Crippen LogP contribution in [0.3, 0.4) is 0 Å². The number of nitrogens with one attached hydrogen (secondary N) is 1. The van der Waals surface area contributed by atoms with Crippen LogP contribution >= 0.6 is 0 Å². The number of hydrogen-bond acceptors (Lipinski definition) is 3. The summed E-state index contributed by atoms with van der Waals surface area (Å²) in [6.07, 6.45) is 0.784. The molecule has 0 atom stereocenters. The van der Waals surface area contributed by atoms with E-state index in [-0.39, 0.29) is 5.91 Å². The van der Waals surface area contributed by atoms with Crippen LogP contribution in [0.4, 0.5) is 0 Å². The predicted molar refractivity (Wildman–Crippen MR) is 91.4 cm³/mol. The van der Waals surface area contributed by atoms with Gasteiger partial charge in [-0.2, -0.15) is 5.10 Å². The molecule has 0 unspecified atom stereocenters. The fraction of sp³-hybridized carbons (Fsp3) is 0.211. The normalized spacial score (nSPS) is 13.6. The molecule has 1 aliphatic heterocycles. The summed E-state index contributed by atoms with van der Waals surface area (Å²) in [4.78, 5) is 19.0. The van der Waals surface area contributed by atoms with Crippen molar-refractivity contribution in [2.75, 3.05) is 6.54 Å². The minimum atomic E-state index is -0.0236. The van der Waals surface area contributed by atoms with Gasteiger partial charge in [0.15, 0.2) is 0 Å². The van der Waals surface area contributed by atoms with E-state index in [1.165, 1.54) is 0 Å². The van der Waals surface area contributed by atoms with Gasteiger partial charge >= 0.3 is 0 Å². The van der Waals surface area contributed by atoms with Crippen molar-refractivity contribution < 1.29 is 4.79 Å². The maximum absolute atomic E-state index is 12.8. The number of rotatable bonds is 2. The van der Waals surface area contributed by atoms with Crippen molar-refractivity contribution in [2.24, 2.45) is 0 Å². The van der Waals surface area contributed by atoms with E-state index in [9.17, 15) is 4.79 Å². The summed E-state index contributed by atoms with van der Waals surface area (Å²) >= 11 is 0. The van der Waals surface area contributed by atoms with E-state index in [1.54, 1.807) is 6.07 Å². The Morgan fingerprint density at radius 1 is 1.12 bits per heavy atom. The van der Waals surface area contributed by atoms with Gasteiger partial charge in [-0.3, -0.25) is 9.89 Å². The van der Waals surface area contributed by atoms with Crippen LogP contribution in [0.1, 0.15) is 27.4 Å². The van der Waals surface area contributed by atoms with Crippen LogP contribution in [-0.4, -0.2) is 32.5 Å². The first-order chi connectivity index (χ1) is 11.7. The number of aryl methyl sites for hydroxylation is 1. The highest BCUT2D eigenvalue weighted by Crippen LogP contribution is 2.28. The highest BCUT2D eigenvalue weighted by atomic mass is 16.2. The summed E-state index contributed by atoms with van der Waals surface area (Å²) in [5.41, 5.74) is 5.58. The van der Waals surface area contributed by atoms with Crippen LogP contribution in [0.15, 0.2) is 48.5 Å². The first-order valence-electron chi connectivity index (χ1n) is 8.07. The highest BCUT2D eigenvalue weighted by Gasteiger charge is 2.26. The molecule has 120 valence electrons. The van der Waals surface area contributed by atoms with Crippen LogP contribution in [0, 0.1) is 6.92 Å². The molecule has 2 aromatic heterocycles. The number of nitrogens with zero attached hydrogens (tertiary/aromatic N) is 3. The van der Waals surface area contributed by atoms with E-state index < -0.39 is 0 Å². The van der Waals surface area contributed by atoms with Gasteiger partial charge in [0, 0.05) is 35.5 Å². The van der Waals surface area contributed by atoms with E-state index in [0.717, 1.165) is 34.6 Å². The van der Waals surface area contributed by atoms with E-state index in [4.69, 9.17) is 0 Å². The third kappa shape index (κ3) is 2.58. The Morgan fingerprint density at radius 3 is 2.75 bits per heavy atom. The number of amides is 1. The molecule has 24 heavy (non-hydrogen) atoms. The summed E-state index contributed by atoms with van der Waals surface area (Å²) in [5, 5.41) is 7.60. The molecule has 3 aromatic rings. The van der Waals surface area contributed by atoms with Gasteiger partial charge in [-0.05, 0) is 19.1 Å². The Balaban J connectivity index is 1.64. The van der Waals surface area contributed by atoms with E-state index in [2.05, 4.69) is 15.2 Å². The lowest BCUT2D eigenvalue weighted by molar-refractivity contribution is 0.0728. The quantitative estimate of drug-likeness (QED) is 0.790. The second-order valence-electron chi connectivity index (χ2n) is 6.04. The fourth-order valence-corrected chi connectivity index (χ4v) is 3.13. The number of aromatic nitrogens is 3. The molecule has 0 radical (unpaired) electrons. The highest BCUT2D eigenvalue weighted by molar-refractivity contribution is 5.92. The number of benzene rings is 1. The van der Waals surface area contributed by atoms with Gasteiger partial charge in [-0.25, -0.2) is 4.98 Å². The molecule has 5 heteroatoms. The molecular formula is C19H18N4O. The molecule has 0 spiro atoms. The Labute approximate surface area is 140 Å². The molecule has 4 rings (SSSR count). The molecular weight excluding hydrogens is 300 g/mol. The number of pyridine rings is 1.